The first-order chi connectivity index (χ1) is 7.94. The van der Waals surface area contributed by atoms with E-state index in [-0.39, 0.29) is 30.9 Å². The number of carbonyl (C=O) groups excluding carboxylic acids is 1. The van der Waals surface area contributed by atoms with Crippen LogP contribution in [0.1, 0.15) is 32.6 Å². The van der Waals surface area contributed by atoms with E-state index in [1.807, 2.05) is 0 Å². The summed E-state index contributed by atoms with van der Waals surface area (Å²) in [5, 5.41) is 0. The fraction of sp³-hybridized carbons (Fsp3) is 0.900. The van der Waals surface area contributed by atoms with Crippen LogP contribution in [-0.2, 0) is 19.6 Å². The lowest BCUT2D eigenvalue weighted by molar-refractivity contribution is -0.142. The van der Waals surface area contributed by atoms with E-state index in [2.05, 4.69) is 9.46 Å². The van der Waals surface area contributed by atoms with Crippen molar-refractivity contribution in [1.82, 2.24) is 4.72 Å². The summed E-state index contributed by atoms with van der Waals surface area (Å²) in [4.78, 5) is 11.1. The minimum Gasteiger partial charge on any atom is -0.466 e. The molecule has 0 radical (unpaired) electrons. The molecule has 0 spiro atoms. The van der Waals surface area contributed by atoms with E-state index in [9.17, 15) is 13.2 Å². The van der Waals surface area contributed by atoms with Crippen molar-refractivity contribution in [2.24, 2.45) is 5.73 Å². The van der Waals surface area contributed by atoms with Crippen LogP contribution < -0.4 is 10.5 Å². The number of sulfonamides is 1. The van der Waals surface area contributed by atoms with Crippen molar-refractivity contribution in [2.75, 3.05) is 12.4 Å². The van der Waals surface area contributed by atoms with Crippen LogP contribution in [0.15, 0.2) is 0 Å². The van der Waals surface area contributed by atoms with Crippen LogP contribution in [0.5, 0.6) is 0 Å². The Kier molecular flexibility index (Phi) is 5.35. The molecule has 0 aromatic heterocycles. The molecule has 1 fully saturated rings. The zero-order chi connectivity index (χ0) is 12.9. The Morgan fingerprint density at radius 2 is 2.18 bits per heavy atom. The van der Waals surface area contributed by atoms with Crippen LogP contribution in [0.3, 0.4) is 0 Å². The Morgan fingerprint density at radius 1 is 1.47 bits per heavy atom. The molecule has 1 rings (SSSR count). The molecule has 7 heteroatoms. The van der Waals surface area contributed by atoms with Gasteiger partial charge < -0.3 is 10.5 Å². The highest BCUT2D eigenvalue weighted by molar-refractivity contribution is 7.89. The topological polar surface area (TPSA) is 98.5 Å². The maximum absolute atomic E-state index is 11.7. The Morgan fingerprint density at radius 3 is 2.71 bits per heavy atom. The average molecular weight is 264 g/mol. The molecular weight excluding hydrogens is 244 g/mol. The molecule has 0 aliphatic heterocycles. The van der Waals surface area contributed by atoms with Crippen molar-refractivity contribution in [3.63, 3.8) is 0 Å². The van der Waals surface area contributed by atoms with E-state index < -0.39 is 16.0 Å². The predicted molar refractivity (Wildman–Crippen MR) is 63.8 cm³/mol. The number of nitrogens with two attached hydrogens (primary N) is 1. The monoisotopic (exact) mass is 264 g/mol. The number of ether oxygens (including phenoxy) is 1. The Bertz CT molecular complexity index is 355. The molecule has 17 heavy (non-hydrogen) atoms. The summed E-state index contributed by atoms with van der Waals surface area (Å²) in [5.74, 6) is -0.733. The van der Waals surface area contributed by atoms with Gasteiger partial charge in [-0.2, -0.15) is 0 Å². The molecule has 1 aliphatic carbocycles. The number of hydrogen-bond donors (Lipinski definition) is 2. The van der Waals surface area contributed by atoms with E-state index in [1.165, 1.54) is 0 Å². The van der Waals surface area contributed by atoms with Gasteiger partial charge in [0.2, 0.25) is 10.0 Å². The van der Waals surface area contributed by atoms with E-state index in [0.717, 1.165) is 19.3 Å². The normalized spacial score (nSPS) is 24.8. The van der Waals surface area contributed by atoms with Crippen LogP contribution in [0, 0.1) is 0 Å². The quantitative estimate of drug-likeness (QED) is 0.644. The smallest absolute Gasteiger partial charge is 0.306 e. The third-order valence-corrected chi connectivity index (χ3v) is 4.18. The molecule has 0 aromatic carbocycles. The summed E-state index contributed by atoms with van der Waals surface area (Å²) in [6.07, 6.45) is 2.42. The second-order valence-corrected chi connectivity index (χ2v) is 6.07. The van der Waals surface area contributed by atoms with E-state index >= 15 is 0 Å². The van der Waals surface area contributed by atoms with Gasteiger partial charge in [-0.15, -0.1) is 0 Å². The molecule has 0 bridgehead atoms. The lowest BCUT2D eigenvalue weighted by Crippen LogP contribution is -2.44. The molecule has 3 N–H and O–H groups in total. The van der Waals surface area contributed by atoms with Gasteiger partial charge >= 0.3 is 5.97 Å². The standard InChI is InChI=1S/C10H20N2O4S/c1-2-16-10(13)6-7-17(14,15)12-9-5-3-4-8(9)11/h8-9,12H,2-7,11H2,1H3. The van der Waals surface area contributed by atoms with Gasteiger partial charge in [-0.3, -0.25) is 4.79 Å². The largest absolute Gasteiger partial charge is 0.466 e. The maximum Gasteiger partial charge on any atom is 0.306 e. The summed E-state index contributed by atoms with van der Waals surface area (Å²) < 4.78 is 30.5. The van der Waals surface area contributed by atoms with Crippen LogP contribution in [0.4, 0.5) is 0 Å². The van der Waals surface area contributed by atoms with Gasteiger partial charge in [0.25, 0.3) is 0 Å². The summed E-state index contributed by atoms with van der Waals surface area (Å²) >= 11 is 0. The fourth-order valence-electron chi connectivity index (χ4n) is 1.88. The summed E-state index contributed by atoms with van der Waals surface area (Å²) in [6, 6.07) is -0.311. The molecule has 6 nitrogen and oxygen atoms in total. The minimum absolute atomic E-state index is 0.118. The number of hydrogen-bond acceptors (Lipinski definition) is 5. The highest BCUT2D eigenvalue weighted by Gasteiger charge is 2.28. The SMILES string of the molecule is CCOC(=O)CCS(=O)(=O)NC1CCCC1N. The number of nitrogens with one attached hydrogen (secondary N) is 1. The molecule has 0 amide bonds. The van der Waals surface area contributed by atoms with Crippen molar-refractivity contribution in [1.29, 1.82) is 0 Å². The second-order valence-electron chi connectivity index (χ2n) is 4.19. The van der Waals surface area contributed by atoms with Crippen molar-refractivity contribution >= 4 is 16.0 Å². The molecule has 0 heterocycles. The van der Waals surface area contributed by atoms with Crippen LogP contribution in [0.2, 0.25) is 0 Å². The fourth-order valence-corrected chi connectivity index (χ4v) is 3.18. The highest BCUT2D eigenvalue weighted by atomic mass is 32.2. The van der Waals surface area contributed by atoms with Crippen LogP contribution in [-0.4, -0.2) is 38.8 Å². The van der Waals surface area contributed by atoms with Crippen molar-refractivity contribution in [3.8, 4) is 0 Å². The van der Waals surface area contributed by atoms with Gasteiger partial charge in [0, 0.05) is 12.1 Å². The van der Waals surface area contributed by atoms with E-state index in [0.29, 0.717) is 0 Å². The maximum atomic E-state index is 11.7. The molecular formula is C10H20N2O4S. The third kappa shape index (κ3) is 5.01. The van der Waals surface area contributed by atoms with Gasteiger partial charge in [-0.05, 0) is 19.8 Å². The lowest BCUT2D eigenvalue weighted by Gasteiger charge is -2.16. The zero-order valence-corrected chi connectivity index (χ0v) is 10.8. The Hall–Kier alpha value is -0.660. The number of carbonyl (C=O) groups is 1. The van der Waals surface area contributed by atoms with Gasteiger partial charge in [-0.25, -0.2) is 13.1 Å². The van der Waals surface area contributed by atoms with E-state index in [4.69, 9.17) is 5.73 Å². The first-order valence-corrected chi connectivity index (χ1v) is 7.51. The van der Waals surface area contributed by atoms with Crippen LogP contribution >= 0.6 is 0 Å². The molecule has 0 aromatic rings. The van der Waals surface area contributed by atoms with Crippen molar-refractivity contribution < 1.29 is 17.9 Å². The molecule has 2 atom stereocenters. The predicted octanol–water partition coefficient (Wildman–Crippen LogP) is -0.261. The molecule has 2 unspecified atom stereocenters. The Balaban J connectivity index is 2.38. The van der Waals surface area contributed by atoms with Gasteiger partial charge in [0.1, 0.15) is 0 Å². The first-order valence-electron chi connectivity index (χ1n) is 5.86. The van der Waals surface area contributed by atoms with Gasteiger partial charge in [0.15, 0.2) is 0 Å². The van der Waals surface area contributed by atoms with E-state index in [1.54, 1.807) is 6.92 Å². The van der Waals surface area contributed by atoms with Crippen molar-refractivity contribution in [3.05, 3.63) is 0 Å². The molecule has 1 saturated carbocycles. The summed E-state index contributed by atoms with van der Waals surface area (Å²) in [5.41, 5.74) is 5.77. The minimum atomic E-state index is -3.44. The van der Waals surface area contributed by atoms with Gasteiger partial charge in [0.05, 0.1) is 18.8 Å². The second kappa shape index (κ2) is 6.32. The zero-order valence-electron chi connectivity index (χ0n) is 10.0. The molecule has 1 aliphatic rings. The Labute approximate surface area is 102 Å². The third-order valence-electron chi connectivity index (χ3n) is 2.78. The molecule has 0 saturated heterocycles. The first kappa shape index (κ1) is 14.4. The van der Waals surface area contributed by atoms with Crippen molar-refractivity contribution in [2.45, 2.75) is 44.7 Å². The lowest BCUT2D eigenvalue weighted by atomic mass is 10.2. The number of esters is 1. The average Bonchev–Trinajstić information content (AvgIpc) is 2.62. The van der Waals surface area contributed by atoms with Gasteiger partial charge in [-0.1, -0.05) is 6.42 Å². The summed E-state index contributed by atoms with van der Waals surface area (Å²) in [6.45, 7) is 1.95. The highest BCUT2D eigenvalue weighted by Crippen LogP contribution is 2.17. The number of rotatable bonds is 6. The molecule has 100 valence electrons. The summed E-state index contributed by atoms with van der Waals surface area (Å²) in [7, 11) is -3.44. The van der Waals surface area contributed by atoms with Crippen LogP contribution in [0.25, 0.3) is 0 Å².